The molecule has 0 aliphatic heterocycles. The molecule has 0 aromatic heterocycles. The van der Waals surface area contributed by atoms with Crippen LogP contribution in [0.4, 0.5) is 0 Å². The molecule has 0 radical (unpaired) electrons. The van der Waals surface area contributed by atoms with E-state index >= 15 is 0 Å². The highest BCUT2D eigenvalue weighted by Gasteiger charge is 2.25. The van der Waals surface area contributed by atoms with Crippen LogP contribution in [-0.2, 0) is 4.79 Å². The largest absolute Gasteiger partial charge is 0.493 e. The van der Waals surface area contributed by atoms with Crippen LogP contribution in [0.25, 0.3) is 0 Å². The van der Waals surface area contributed by atoms with Crippen molar-refractivity contribution in [1.29, 1.82) is 0 Å². The maximum absolute atomic E-state index is 10.9. The van der Waals surface area contributed by atoms with Gasteiger partial charge in [-0.05, 0) is 17.7 Å². The van der Waals surface area contributed by atoms with Crippen LogP contribution in [0.2, 0.25) is 0 Å². The third-order valence-corrected chi connectivity index (χ3v) is 4.91. The maximum atomic E-state index is 10.9. The lowest BCUT2D eigenvalue weighted by molar-refractivity contribution is -0.136. The zero-order chi connectivity index (χ0) is 13.0. The van der Waals surface area contributed by atoms with Gasteiger partial charge in [-0.3, -0.25) is 4.79 Å². The minimum absolute atomic E-state index is 0.347. The molecule has 0 spiro atoms. The quantitative estimate of drug-likeness (QED) is 0.813. The van der Waals surface area contributed by atoms with Crippen molar-refractivity contribution < 1.29 is 19.4 Å². The molecule has 0 heterocycles. The molecule has 1 N–H and O–H groups in total. The molecule has 0 unspecified atom stereocenters. The van der Waals surface area contributed by atoms with E-state index in [1.807, 2.05) is 0 Å². The fourth-order valence-electron chi connectivity index (χ4n) is 1.32. The van der Waals surface area contributed by atoms with Crippen molar-refractivity contribution in [3.05, 3.63) is 23.8 Å². The number of hydrogen-bond acceptors (Lipinski definition) is 3. The molecule has 17 heavy (non-hydrogen) atoms. The Balaban J connectivity index is 3.03. The van der Waals surface area contributed by atoms with Gasteiger partial charge in [0.25, 0.3) is 0 Å². The summed E-state index contributed by atoms with van der Waals surface area (Å²) in [5, 5.41) is 8.91. The van der Waals surface area contributed by atoms with Gasteiger partial charge in [0.2, 0.25) is 0 Å². The number of aliphatic carboxylic acids is 1. The van der Waals surface area contributed by atoms with Gasteiger partial charge in [-0.1, -0.05) is 37.9 Å². The van der Waals surface area contributed by atoms with E-state index in [1.54, 1.807) is 25.3 Å². The molecule has 1 rings (SSSR count). The van der Waals surface area contributed by atoms with E-state index in [4.69, 9.17) is 14.6 Å². The Morgan fingerprint density at radius 1 is 1.24 bits per heavy atom. The highest BCUT2D eigenvalue weighted by molar-refractivity contribution is 9.12. The molecule has 0 bridgehead atoms. The van der Waals surface area contributed by atoms with Gasteiger partial charge in [-0.2, -0.15) is 0 Å². The van der Waals surface area contributed by atoms with Crippen LogP contribution in [0.5, 0.6) is 11.5 Å². The second-order valence-electron chi connectivity index (χ2n) is 3.26. The molecule has 0 fully saturated rings. The molecule has 0 saturated heterocycles. The topological polar surface area (TPSA) is 55.8 Å². The lowest BCUT2D eigenvalue weighted by Gasteiger charge is -2.15. The Bertz CT molecular complexity index is 408. The summed E-state index contributed by atoms with van der Waals surface area (Å²) in [5.74, 6) is 0.249. The molecule has 0 aliphatic rings. The zero-order valence-corrected chi connectivity index (χ0v) is 12.5. The van der Waals surface area contributed by atoms with Crippen molar-refractivity contribution >= 4 is 37.8 Å². The van der Waals surface area contributed by atoms with E-state index in [1.165, 1.54) is 7.11 Å². The summed E-state index contributed by atoms with van der Waals surface area (Å²) in [7, 11) is 3.08. The van der Waals surface area contributed by atoms with E-state index < -0.39 is 10.8 Å². The van der Waals surface area contributed by atoms with Gasteiger partial charge in [0.1, 0.15) is 4.83 Å². The van der Waals surface area contributed by atoms with Crippen molar-refractivity contribution in [3.63, 3.8) is 0 Å². The average molecular weight is 368 g/mol. The molecule has 94 valence electrons. The van der Waals surface area contributed by atoms with E-state index in [2.05, 4.69) is 31.9 Å². The molecule has 1 aromatic rings. The number of carboxylic acid groups (broad SMARTS) is 1. The molecular formula is C11H12Br2O4. The second-order valence-corrected chi connectivity index (χ2v) is 5.23. The molecule has 0 amide bonds. The van der Waals surface area contributed by atoms with Crippen LogP contribution in [0.15, 0.2) is 18.2 Å². The van der Waals surface area contributed by atoms with Gasteiger partial charge in [0, 0.05) is 0 Å². The number of ether oxygens (including phenoxy) is 2. The molecule has 0 saturated carbocycles. The van der Waals surface area contributed by atoms with E-state index in [9.17, 15) is 4.79 Å². The maximum Gasteiger partial charge on any atom is 0.318 e. The van der Waals surface area contributed by atoms with Gasteiger partial charge < -0.3 is 14.6 Å². The highest BCUT2D eigenvalue weighted by atomic mass is 79.9. The number of carbonyl (C=O) groups is 1. The van der Waals surface area contributed by atoms with E-state index in [0.29, 0.717) is 11.5 Å². The molecule has 2 atom stereocenters. The van der Waals surface area contributed by atoms with Gasteiger partial charge in [-0.15, -0.1) is 0 Å². The number of benzene rings is 1. The van der Waals surface area contributed by atoms with Crippen molar-refractivity contribution in [2.24, 2.45) is 0 Å². The predicted octanol–water partition coefficient (Wildman–Crippen LogP) is 2.99. The first-order valence-electron chi connectivity index (χ1n) is 4.74. The van der Waals surface area contributed by atoms with Crippen molar-refractivity contribution in [2.45, 2.75) is 9.65 Å². The smallest absolute Gasteiger partial charge is 0.318 e. The summed E-state index contributed by atoms with van der Waals surface area (Å²) in [5.41, 5.74) is 0.798. The van der Waals surface area contributed by atoms with E-state index in [-0.39, 0.29) is 4.83 Å². The Hall–Kier alpha value is -0.750. The van der Waals surface area contributed by atoms with Gasteiger partial charge in [-0.25, -0.2) is 0 Å². The minimum Gasteiger partial charge on any atom is -0.493 e. The SMILES string of the molecule is COc1ccc([C@@H](Br)[C@H](Br)C(=O)O)cc1OC. The third-order valence-electron chi connectivity index (χ3n) is 2.22. The number of alkyl halides is 2. The minimum atomic E-state index is -0.929. The first kappa shape index (κ1) is 14.3. The van der Waals surface area contributed by atoms with Crippen LogP contribution in [0.1, 0.15) is 10.4 Å². The summed E-state index contributed by atoms with van der Waals surface area (Å²) < 4.78 is 10.3. The zero-order valence-electron chi connectivity index (χ0n) is 9.31. The Kier molecular flexibility index (Phi) is 5.27. The van der Waals surface area contributed by atoms with Crippen LogP contribution < -0.4 is 9.47 Å². The van der Waals surface area contributed by atoms with E-state index in [0.717, 1.165) is 5.56 Å². The Labute approximate surface area is 116 Å². The number of carboxylic acids is 1. The number of methoxy groups -OCH3 is 2. The fraction of sp³-hybridized carbons (Fsp3) is 0.364. The summed E-state index contributed by atoms with van der Waals surface area (Å²) in [6, 6.07) is 5.28. The van der Waals surface area contributed by atoms with Gasteiger partial charge in [0.05, 0.1) is 19.0 Å². The normalized spacial score (nSPS) is 13.9. The van der Waals surface area contributed by atoms with Crippen LogP contribution in [0.3, 0.4) is 0 Å². The molecule has 6 heteroatoms. The summed E-state index contributed by atoms with van der Waals surface area (Å²) in [6.07, 6.45) is 0. The third kappa shape index (κ3) is 3.35. The summed E-state index contributed by atoms with van der Waals surface area (Å²) in [4.78, 5) is 9.80. The molecule has 4 nitrogen and oxygen atoms in total. The predicted molar refractivity (Wildman–Crippen MR) is 71.6 cm³/mol. The molecular weight excluding hydrogens is 356 g/mol. The van der Waals surface area contributed by atoms with Crippen LogP contribution >= 0.6 is 31.9 Å². The molecule has 0 aliphatic carbocycles. The Morgan fingerprint density at radius 2 is 1.82 bits per heavy atom. The number of halogens is 2. The fourth-order valence-corrected chi connectivity index (χ4v) is 2.13. The summed E-state index contributed by atoms with van der Waals surface area (Å²) in [6.45, 7) is 0. The first-order valence-corrected chi connectivity index (χ1v) is 6.57. The van der Waals surface area contributed by atoms with Crippen molar-refractivity contribution in [1.82, 2.24) is 0 Å². The Morgan fingerprint density at radius 3 is 2.29 bits per heavy atom. The van der Waals surface area contributed by atoms with Crippen molar-refractivity contribution in [3.8, 4) is 11.5 Å². The first-order chi connectivity index (χ1) is 8.01. The number of rotatable bonds is 5. The van der Waals surface area contributed by atoms with Crippen molar-refractivity contribution in [2.75, 3.05) is 14.2 Å². The lowest BCUT2D eigenvalue weighted by Crippen LogP contribution is -2.17. The average Bonchev–Trinajstić information content (AvgIpc) is 2.35. The van der Waals surface area contributed by atoms with Crippen LogP contribution in [-0.4, -0.2) is 30.1 Å². The number of hydrogen-bond donors (Lipinski definition) is 1. The monoisotopic (exact) mass is 366 g/mol. The van der Waals surface area contributed by atoms with Gasteiger partial charge in [0.15, 0.2) is 11.5 Å². The highest BCUT2D eigenvalue weighted by Crippen LogP contribution is 2.36. The van der Waals surface area contributed by atoms with Gasteiger partial charge >= 0.3 is 5.97 Å². The summed E-state index contributed by atoms with van der Waals surface area (Å²) >= 11 is 6.45. The second kappa shape index (κ2) is 6.26. The molecule has 1 aromatic carbocycles. The van der Waals surface area contributed by atoms with Crippen LogP contribution in [0, 0.1) is 0 Å². The standard InChI is InChI=1S/C11H12Br2O4/c1-16-7-4-3-6(5-8(7)17-2)9(12)10(13)11(14)15/h3-5,9-10H,1-2H3,(H,14,15)/t9-,10+/m1/s1. The lowest BCUT2D eigenvalue weighted by atomic mass is 10.1.